The topological polar surface area (TPSA) is 13.1 Å². The first-order valence-corrected chi connectivity index (χ1v) is 10.1. The number of hydrogen-bond acceptors (Lipinski definition) is 1. The summed E-state index contributed by atoms with van der Waals surface area (Å²) in [6.45, 7) is 6.75. The molecule has 5 aromatic rings. The van der Waals surface area contributed by atoms with Crippen molar-refractivity contribution in [1.82, 2.24) is 0 Å². The maximum atomic E-state index is 6.20. The maximum absolute atomic E-state index is 6.20. The molecule has 1 heteroatoms. The fraction of sp³-hybridized carbons (Fsp3) is 0.143. The lowest BCUT2D eigenvalue weighted by molar-refractivity contribution is 0.590. The summed E-state index contributed by atoms with van der Waals surface area (Å²) in [6.07, 6.45) is 0. The highest BCUT2D eigenvalue weighted by Gasteiger charge is 2.18. The van der Waals surface area contributed by atoms with Gasteiger partial charge in [0.15, 0.2) is 0 Å². The van der Waals surface area contributed by atoms with E-state index in [4.69, 9.17) is 4.42 Å². The Morgan fingerprint density at radius 3 is 2.10 bits per heavy atom. The van der Waals surface area contributed by atoms with Crippen molar-refractivity contribution < 1.29 is 4.42 Å². The molecule has 1 aromatic heterocycles. The van der Waals surface area contributed by atoms with Crippen LogP contribution in [0, 0.1) is 0 Å². The molecule has 0 saturated heterocycles. The van der Waals surface area contributed by atoms with Crippen molar-refractivity contribution in [3.8, 4) is 22.3 Å². The molecule has 5 rings (SSSR count). The number of hydrogen-bond donors (Lipinski definition) is 0. The van der Waals surface area contributed by atoms with Gasteiger partial charge in [0.05, 0.1) is 0 Å². The second-order valence-electron chi connectivity index (χ2n) is 8.69. The number of furan rings is 1. The minimum Gasteiger partial charge on any atom is -0.456 e. The maximum Gasteiger partial charge on any atom is 0.136 e. The molecule has 0 saturated carbocycles. The Morgan fingerprint density at radius 2 is 1.31 bits per heavy atom. The lowest BCUT2D eigenvalue weighted by atomic mass is 9.86. The van der Waals surface area contributed by atoms with E-state index in [-0.39, 0.29) is 5.41 Å². The van der Waals surface area contributed by atoms with Gasteiger partial charge in [0, 0.05) is 10.8 Å². The molecule has 4 aromatic carbocycles. The van der Waals surface area contributed by atoms with Crippen LogP contribution in [0.4, 0.5) is 0 Å². The van der Waals surface area contributed by atoms with Gasteiger partial charge in [-0.2, -0.15) is 0 Å². The van der Waals surface area contributed by atoms with Gasteiger partial charge in [-0.05, 0) is 57.5 Å². The van der Waals surface area contributed by atoms with Crippen molar-refractivity contribution in [2.45, 2.75) is 26.2 Å². The summed E-state index contributed by atoms with van der Waals surface area (Å²) < 4.78 is 6.20. The summed E-state index contributed by atoms with van der Waals surface area (Å²) in [5.74, 6) is 0. The smallest absolute Gasteiger partial charge is 0.136 e. The summed E-state index contributed by atoms with van der Waals surface area (Å²) in [6, 6.07) is 32.2. The minimum atomic E-state index is 0.0972. The highest BCUT2D eigenvalue weighted by molar-refractivity contribution is 6.12. The standard InChI is InChI=1S/C28H24O/c1-28(2,3)22-15-16-25-24(18-22)27-23(13-8-14-26(27)29-25)21-12-7-11-20(17-21)19-9-5-4-6-10-19/h4-18H,1-3H3. The van der Waals surface area contributed by atoms with Gasteiger partial charge in [0.25, 0.3) is 0 Å². The van der Waals surface area contributed by atoms with Crippen LogP contribution < -0.4 is 0 Å². The van der Waals surface area contributed by atoms with Gasteiger partial charge in [-0.15, -0.1) is 0 Å². The van der Waals surface area contributed by atoms with E-state index in [0.717, 1.165) is 11.2 Å². The molecule has 0 N–H and O–H groups in total. The molecule has 0 aliphatic carbocycles. The third kappa shape index (κ3) is 3.13. The molecule has 0 spiro atoms. The molecule has 0 fully saturated rings. The average molecular weight is 376 g/mol. The van der Waals surface area contributed by atoms with Crippen molar-refractivity contribution >= 4 is 21.9 Å². The third-order valence-corrected chi connectivity index (χ3v) is 5.64. The van der Waals surface area contributed by atoms with E-state index in [1.165, 1.54) is 38.6 Å². The van der Waals surface area contributed by atoms with Crippen LogP contribution in [0.5, 0.6) is 0 Å². The highest BCUT2D eigenvalue weighted by atomic mass is 16.3. The predicted octanol–water partition coefficient (Wildman–Crippen LogP) is 8.22. The molecule has 29 heavy (non-hydrogen) atoms. The van der Waals surface area contributed by atoms with Crippen molar-refractivity contribution in [2.75, 3.05) is 0 Å². The van der Waals surface area contributed by atoms with Crippen LogP contribution in [-0.2, 0) is 5.41 Å². The van der Waals surface area contributed by atoms with Crippen LogP contribution in [0.15, 0.2) is 95.4 Å². The van der Waals surface area contributed by atoms with E-state index in [1.54, 1.807) is 0 Å². The minimum absolute atomic E-state index is 0.0972. The molecule has 0 unspecified atom stereocenters. The first-order valence-electron chi connectivity index (χ1n) is 10.1. The van der Waals surface area contributed by atoms with E-state index in [1.807, 2.05) is 0 Å². The van der Waals surface area contributed by atoms with E-state index < -0.39 is 0 Å². The van der Waals surface area contributed by atoms with E-state index in [2.05, 4.69) is 112 Å². The lowest BCUT2D eigenvalue weighted by Gasteiger charge is -2.18. The second-order valence-corrected chi connectivity index (χ2v) is 8.69. The van der Waals surface area contributed by atoms with Crippen LogP contribution in [0.25, 0.3) is 44.2 Å². The van der Waals surface area contributed by atoms with Crippen LogP contribution in [0.3, 0.4) is 0 Å². The molecule has 0 radical (unpaired) electrons. The second kappa shape index (κ2) is 6.63. The molecule has 0 atom stereocenters. The summed E-state index contributed by atoms with van der Waals surface area (Å²) in [7, 11) is 0. The zero-order chi connectivity index (χ0) is 20.0. The predicted molar refractivity (Wildman–Crippen MR) is 123 cm³/mol. The summed E-state index contributed by atoms with van der Waals surface area (Å²) >= 11 is 0. The average Bonchev–Trinajstić information content (AvgIpc) is 3.12. The molecule has 1 heterocycles. The Hall–Kier alpha value is -3.32. The Balaban J connectivity index is 1.75. The van der Waals surface area contributed by atoms with Crippen LogP contribution in [0.1, 0.15) is 26.3 Å². The molecule has 0 aliphatic rings. The van der Waals surface area contributed by atoms with Crippen molar-refractivity contribution in [1.29, 1.82) is 0 Å². The van der Waals surface area contributed by atoms with Gasteiger partial charge in [0.2, 0.25) is 0 Å². The van der Waals surface area contributed by atoms with Crippen molar-refractivity contribution in [3.63, 3.8) is 0 Å². The number of rotatable bonds is 2. The van der Waals surface area contributed by atoms with Gasteiger partial charge in [0.1, 0.15) is 11.2 Å². The SMILES string of the molecule is CC(C)(C)c1ccc2oc3cccc(-c4cccc(-c5ccccc5)c4)c3c2c1. The zero-order valence-electron chi connectivity index (χ0n) is 17.1. The Morgan fingerprint density at radius 1 is 0.586 bits per heavy atom. The van der Waals surface area contributed by atoms with Crippen LogP contribution in [0.2, 0.25) is 0 Å². The lowest BCUT2D eigenvalue weighted by Crippen LogP contribution is -2.10. The largest absolute Gasteiger partial charge is 0.456 e. The normalized spacial score (nSPS) is 12.0. The molecule has 1 nitrogen and oxygen atoms in total. The fourth-order valence-corrected chi connectivity index (χ4v) is 4.03. The summed E-state index contributed by atoms with van der Waals surface area (Å²) in [5.41, 5.74) is 8.18. The van der Waals surface area contributed by atoms with Gasteiger partial charge < -0.3 is 4.42 Å². The molecule has 142 valence electrons. The van der Waals surface area contributed by atoms with Gasteiger partial charge >= 0.3 is 0 Å². The Labute approximate surface area is 171 Å². The molecular weight excluding hydrogens is 352 g/mol. The van der Waals surface area contributed by atoms with Crippen molar-refractivity contribution in [2.24, 2.45) is 0 Å². The number of fused-ring (bicyclic) bond motifs is 3. The molecular formula is C28H24O. The first-order chi connectivity index (χ1) is 14.0. The summed E-state index contributed by atoms with van der Waals surface area (Å²) in [5, 5.41) is 2.38. The quantitative estimate of drug-likeness (QED) is 0.302. The monoisotopic (exact) mass is 376 g/mol. The number of benzene rings is 4. The highest BCUT2D eigenvalue weighted by Crippen LogP contribution is 2.39. The zero-order valence-corrected chi connectivity index (χ0v) is 17.1. The van der Waals surface area contributed by atoms with E-state index >= 15 is 0 Å². The third-order valence-electron chi connectivity index (χ3n) is 5.64. The van der Waals surface area contributed by atoms with Gasteiger partial charge in [-0.3, -0.25) is 0 Å². The molecule has 0 aliphatic heterocycles. The van der Waals surface area contributed by atoms with Crippen molar-refractivity contribution in [3.05, 3.63) is 96.6 Å². The fourth-order valence-electron chi connectivity index (χ4n) is 4.03. The van der Waals surface area contributed by atoms with Gasteiger partial charge in [-0.25, -0.2) is 0 Å². The molecule has 0 amide bonds. The van der Waals surface area contributed by atoms with E-state index in [0.29, 0.717) is 0 Å². The van der Waals surface area contributed by atoms with Crippen LogP contribution in [-0.4, -0.2) is 0 Å². The van der Waals surface area contributed by atoms with Crippen LogP contribution >= 0.6 is 0 Å². The Bertz CT molecular complexity index is 1320. The Kier molecular flexibility index (Phi) is 4.06. The van der Waals surface area contributed by atoms with Gasteiger partial charge in [-0.1, -0.05) is 87.5 Å². The summed E-state index contributed by atoms with van der Waals surface area (Å²) in [4.78, 5) is 0. The first kappa shape index (κ1) is 17.8. The molecule has 0 bridgehead atoms. The van der Waals surface area contributed by atoms with E-state index in [9.17, 15) is 0 Å².